The number of anilines is 1. The van der Waals surface area contributed by atoms with Crippen LogP contribution in [0.15, 0.2) is 90.7 Å². The zero-order valence-electron chi connectivity index (χ0n) is 32.4. The second kappa shape index (κ2) is 18.3. The number of fused-ring (bicyclic) bond motifs is 2. The molecule has 0 aliphatic carbocycles. The molecule has 2 aromatic carbocycles. The van der Waals surface area contributed by atoms with Crippen LogP contribution in [0.1, 0.15) is 87.7 Å². The Morgan fingerprint density at radius 2 is 1.41 bits per heavy atom. The van der Waals surface area contributed by atoms with Crippen LogP contribution in [0.4, 0.5) is 11.4 Å². The fourth-order valence-electron chi connectivity index (χ4n) is 7.30. The van der Waals surface area contributed by atoms with Gasteiger partial charge in [-0.2, -0.15) is 4.58 Å². The number of hydrogen-bond acceptors (Lipinski definition) is 11. The van der Waals surface area contributed by atoms with E-state index in [2.05, 4.69) is 24.5 Å². The Balaban J connectivity index is 0.00000696. The average molecular weight is 816 g/mol. The molecule has 294 valence electrons. The van der Waals surface area contributed by atoms with Crippen molar-refractivity contribution in [1.29, 1.82) is 0 Å². The maximum Gasteiger partial charge on any atom is 1.00 e. The van der Waals surface area contributed by atoms with Crippen molar-refractivity contribution in [2.75, 3.05) is 29.5 Å². The van der Waals surface area contributed by atoms with Gasteiger partial charge in [0.2, 0.25) is 5.69 Å². The quantitative estimate of drug-likeness (QED) is 0.0605. The Morgan fingerprint density at radius 1 is 0.804 bits per heavy atom. The number of imide groups is 1. The van der Waals surface area contributed by atoms with Crippen molar-refractivity contribution in [2.45, 2.75) is 77.0 Å². The summed E-state index contributed by atoms with van der Waals surface area (Å²) in [6.07, 6.45) is 14.8. The van der Waals surface area contributed by atoms with Crippen LogP contribution in [0.5, 0.6) is 0 Å². The maximum absolute atomic E-state index is 13.0. The summed E-state index contributed by atoms with van der Waals surface area (Å²) < 4.78 is 69.3. The minimum atomic E-state index is -4.36. The Morgan fingerprint density at radius 3 is 2.07 bits per heavy atom. The van der Waals surface area contributed by atoms with E-state index in [4.69, 9.17) is 4.84 Å². The summed E-state index contributed by atoms with van der Waals surface area (Å²) in [5, 5.41) is 0.507. The fourth-order valence-corrected chi connectivity index (χ4v) is 8.42. The molecule has 1 fully saturated rings. The number of carbonyl (C=O) groups is 3. The summed E-state index contributed by atoms with van der Waals surface area (Å²) in [6, 6.07) is 13.0. The molecule has 0 saturated carbocycles. The molecule has 16 heteroatoms. The van der Waals surface area contributed by atoms with Gasteiger partial charge in [-0.1, -0.05) is 62.4 Å². The van der Waals surface area contributed by atoms with E-state index in [9.17, 15) is 40.3 Å². The van der Waals surface area contributed by atoms with Gasteiger partial charge >= 0.3 is 35.5 Å². The standard InChI is InChI=1S/C40H47N3O10S2.Na/c1-39(2)30-16-10-11-17-32(30)41(24-12-14-26-54(47,48)49)34(39)18-8-6-5-7-9-19-35-40(3,4)31-28-29(38(46)53-43-36(44)22-23-37(43)45)20-21-33(31)42(35)25-13-15-27-55(50,51)52;/h5-11,16-21,28H,12-15,22-27H2,1-4H3,(H-,47,48,49,50,51,52);/q;+1/p-1. The number of allylic oxidation sites excluding steroid dienone is 8. The van der Waals surface area contributed by atoms with Crippen LogP contribution in [0.2, 0.25) is 0 Å². The Bertz CT molecular complexity index is 2220. The first kappa shape index (κ1) is 45.0. The molecule has 5 rings (SSSR count). The summed E-state index contributed by atoms with van der Waals surface area (Å²) in [7, 11) is -8.63. The number of benzene rings is 2. The zero-order valence-corrected chi connectivity index (χ0v) is 36.0. The summed E-state index contributed by atoms with van der Waals surface area (Å²) in [5.41, 5.74) is 4.90. The van der Waals surface area contributed by atoms with Crippen molar-refractivity contribution in [3.05, 3.63) is 107 Å². The van der Waals surface area contributed by atoms with Crippen LogP contribution in [-0.4, -0.2) is 83.7 Å². The van der Waals surface area contributed by atoms with E-state index in [-0.39, 0.29) is 66.2 Å². The van der Waals surface area contributed by atoms with Crippen LogP contribution in [0.3, 0.4) is 0 Å². The fraction of sp³-hybridized carbons (Fsp3) is 0.400. The number of amides is 2. The first-order valence-electron chi connectivity index (χ1n) is 18.2. The topological polar surface area (TPSA) is 184 Å². The second-order valence-corrected chi connectivity index (χ2v) is 17.8. The van der Waals surface area contributed by atoms with E-state index in [1.165, 1.54) is 0 Å². The Kier molecular flexibility index (Phi) is 14.7. The number of nitrogens with zero attached hydrogens (tertiary/aromatic N) is 3. The van der Waals surface area contributed by atoms with Crippen molar-refractivity contribution in [1.82, 2.24) is 5.06 Å². The van der Waals surface area contributed by atoms with Crippen LogP contribution >= 0.6 is 0 Å². The smallest absolute Gasteiger partial charge is 0.748 e. The molecule has 2 aromatic rings. The molecule has 0 bridgehead atoms. The number of para-hydroxylation sites is 1. The minimum absolute atomic E-state index is 0. The molecule has 2 amide bonds. The van der Waals surface area contributed by atoms with E-state index in [0.717, 1.165) is 33.9 Å². The molecule has 13 nitrogen and oxygen atoms in total. The van der Waals surface area contributed by atoms with E-state index in [1.54, 1.807) is 18.2 Å². The van der Waals surface area contributed by atoms with Gasteiger partial charge in [-0.05, 0) is 62.9 Å². The van der Waals surface area contributed by atoms with Crippen LogP contribution in [0, 0.1) is 0 Å². The molecular weight excluding hydrogens is 770 g/mol. The average Bonchev–Trinajstić information content (AvgIpc) is 3.62. The molecule has 0 spiro atoms. The molecule has 0 radical (unpaired) electrons. The van der Waals surface area contributed by atoms with E-state index in [1.807, 2.05) is 79.5 Å². The van der Waals surface area contributed by atoms with Crippen molar-refractivity contribution in [3.8, 4) is 0 Å². The summed E-state index contributed by atoms with van der Waals surface area (Å²) in [5.74, 6) is -2.86. The van der Waals surface area contributed by atoms with Gasteiger partial charge in [-0.3, -0.25) is 9.59 Å². The number of carbonyl (C=O) groups excluding carboxylic acids is 3. The summed E-state index contributed by atoms with van der Waals surface area (Å²) in [4.78, 5) is 44.2. The van der Waals surface area contributed by atoms with Crippen LogP contribution in [-0.2, 0) is 45.5 Å². The van der Waals surface area contributed by atoms with Crippen molar-refractivity contribution < 1.29 is 79.3 Å². The van der Waals surface area contributed by atoms with Gasteiger partial charge in [0.15, 0.2) is 5.71 Å². The maximum atomic E-state index is 13.0. The summed E-state index contributed by atoms with van der Waals surface area (Å²) in [6.45, 7) is 9.21. The van der Waals surface area contributed by atoms with Crippen LogP contribution in [0.25, 0.3) is 0 Å². The normalized spacial score (nSPS) is 18.5. The third-order valence-corrected chi connectivity index (χ3v) is 11.7. The van der Waals surface area contributed by atoms with Crippen molar-refractivity contribution in [3.63, 3.8) is 0 Å². The Labute approximate surface area is 351 Å². The van der Waals surface area contributed by atoms with E-state index < -0.39 is 54.9 Å². The molecule has 0 aromatic heterocycles. The molecular formula is C40H46N3NaO10S2. The largest absolute Gasteiger partial charge is 1.00 e. The van der Waals surface area contributed by atoms with Gasteiger partial charge in [0.1, 0.15) is 6.54 Å². The number of hydrogen-bond donors (Lipinski definition) is 0. The van der Waals surface area contributed by atoms with Gasteiger partial charge in [0.05, 0.1) is 31.2 Å². The SMILES string of the molecule is CC1(C)C(/C=C/C=C/C=C/C=C2/N(CCCCS(=O)(=O)[O-])c3ccc(C(=O)ON4C(=O)CCC4=O)cc3C2(C)C)=[N+](CCCCS(=O)(=O)[O-])c2ccccc21.[Na+]. The van der Waals surface area contributed by atoms with Gasteiger partial charge in [-0.15, -0.1) is 5.06 Å². The number of rotatable bonds is 16. The first-order chi connectivity index (χ1) is 25.8. The second-order valence-electron chi connectivity index (χ2n) is 14.8. The summed E-state index contributed by atoms with van der Waals surface area (Å²) >= 11 is 0. The molecule has 0 atom stereocenters. The predicted octanol–water partition coefficient (Wildman–Crippen LogP) is 2.29. The Hall–Kier alpha value is -3.70. The molecule has 3 aliphatic heterocycles. The monoisotopic (exact) mass is 815 g/mol. The van der Waals surface area contributed by atoms with Crippen molar-refractivity contribution in [2.24, 2.45) is 0 Å². The molecule has 3 aliphatic rings. The van der Waals surface area contributed by atoms with Crippen LogP contribution < -0.4 is 34.5 Å². The molecule has 1 saturated heterocycles. The third kappa shape index (κ3) is 10.6. The predicted molar refractivity (Wildman–Crippen MR) is 206 cm³/mol. The number of unbranched alkanes of at least 4 members (excludes halogenated alkanes) is 2. The number of hydroxylamine groups is 2. The molecule has 56 heavy (non-hydrogen) atoms. The van der Waals surface area contributed by atoms with Gasteiger partial charge in [0.25, 0.3) is 11.8 Å². The van der Waals surface area contributed by atoms with E-state index >= 15 is 0 Å². The van der Waals surface area contributed by atoms with Gasteiger partial charge < -0.3 is 18.8 Å². The molecule has 3 heterocycles. The van der Waals surface area contributed by atoms with Crippen molar-refractivity contribution >= 4 is 55.1 Å². The third-order valence-electron chi connectivity index (χ3n) is 10.1. The minimum Gasteiger partial charge on any atom is -0.748 e. The first-order valence-corrected chi connectivity index (χ1v) is 21.3. The molecule has 0 unspecified atom stereocenters. The van der Waals surface area contributed by atoms with Gasteiger partial charge in [-0.25, -0.2) is 21.6 Å². The zero-order chi connectivity index (χ0) is 40.2. The van der Waals surface area contributed by atoms with E-state index in [0.29, 0.717) is 31.0 Å². The van der Waals surface area contributed by atoms with Gasteiger partial charge in [0, 0.05) is 71.8 Å². The molecule has 0 N–H and O–H groups in total.